The summed E-state index contributed by atoms with van der Waals surface area (Å²) in [7, 11) is 1.84. The fraction of sp³-hybridized carbons (Fsp3) is 0.136. The normalized spacial score (nSPS) is 11.0. The smallest absolute Gasteiger partial charge is 0.191 e. The summed E-state index contributed by atoms with van der Waals surface area (Å²) >= 11 is 1.29. The van der Waals surface area contributed by atoms with Crippen LogP contribution in [0.5, 0.6) is 5.75 Å². The highest BCUT2D eigenvalue weighted by molar-refractivity contribution is 7.99. The number of rotatable bonds is 7. The van der Waals surface area contributed by atoms with Crippen LogP contribution < -0.4 is 4.74 Å². The van der Waals surface area contributed by atoms with E-state index in [4.69, 9.17) is 4.74 Å². The predicted molar refractivity (Wildman–Crippen MR) is 111 cm³/mol. The third-order valence-corrected chi connectivity index (χ3v) is 5.55. The van der Waals surface area contributed by atoms with E-state index in [1.54, 1.807) is 0 Å². The molecule has 0 atom stereocenters. The number of thioether (sulfide) groups is 1. The molecule has 0 saturated heterocycles. The van der Waals surface area contributed by atoms with Gasteiger partial charge in [0.15, 0.2) is 16.8 Å². The van der Waals surface area contributed by atoms with E-state index in [0.29, 0.717) is 16.5 Å². The first-order valence-electron chi connectivity index (χ1n) is 9.02. The van der Waals surface area contributed by atoms with Gasteiger partial charge in [-0.3, -0.25) is 4.79 Å². The van der Waals surface area contributed by atoms with E-state index in [9.17, 15) is 9.18 Å². The highest BCUT2D eigenvalue weighted by Crippen LogP contribution is 2.26. The summed E-state index contributed by atoms with van der Waals surface area (Å²) in [5.74, 6) is 1.19. The minimum atomic E-state index is -0.363. The van der Waals surface area contributed by atoms with Crippen molar-refractivity contribution in [1.82, 2.24) is 14.8 Å². The SMILES string of the molecule is Cn1c(COc2cccc3ccccc23)nnc1SCC(=O)c1ccc(F)cc1. The maximum atomic E-state index is 13.0. The molecular formula is C22H18FN3O2S. The van der Waals surface area contributed by atoms with E-state index >= 15 is 0 Å². The van der Waals surface area contributed by atoms with Crippen molar-refractivity contribution in [3.05, 3.63) is 83.9 Å². The number of hydrogen-bond acceptors (Lipinski definition) is 5. The van der Waals surface area contributed by atoms with E-state index in [1.807, 2.05) is 54.1 Å². The topological polar surface area (TPSA) is 57.0 Å². The molecule has 1 aromatic heterocycles. The van der Waals surface area contributed by atoms with Gasteiger partial charge in [-0.2, -0.15) is 0 Å². The minimum absolute atomic E-state index is 0.0912. The third kappa shape index (κ3) is 4.30. The lowest BCUT2D eigenvalue weighted by molar-refractivity contribution is 0.102. The lowest BCUT2D eigenvalue weighted by Gasteiger charge is -2.09. The third-order valence-electron chi connectivity index (χ3n) is 4.53. The molecule has 1 heterocycles. The number of ketones is 1. The van der Waals surface area contributed by atoms with Gasteiger partial charge in [0.05, 0.1) is 5.75 Å². The summed E-state index contributed by atoms with van der Waals surface area (Å²) in [5, 5.41) is 11.1. The number of halogens is 1. The molecule has 4 rings (SSSR count). The highest BCUT2D eigenvalue weighted by atomic mass is 32.2. The standard InChI is InChI=1S/C22H18FN3O2S/c1-26-21(13-28-20-8-4-6-15-5-2-3-7-18(15)20)24-25-22(26)29-14-19(27)16-9-11-17(23)12-10-16/h2-12H,13-14H2,1H3. The highest BCUT2D eigenvalue weighted by Gasteiger charge is 2.13. The van der Waals surface area contributed by atoms with E-state index in [-0.39, 0.29) is 24.0 Å². The van der Waals surface area contributed by atoms with Gasteiger partial charge in [-0.1, -0.05) is 48.2 Å². The second-order valence-electron chi connectivity index (χ2n) is 6.44. The van der Waals surface area contributed by atoms with Crippen LogP contribution in [-0.4, -0.2) is 26.3 Å². The Bertz CT molecular complexity index is 1150. The van der Waals surface area contributed by atoms with Crippen molar-refractivity contribution in [1.29, 1.82) is 0 Å². The number of hydrogen-bond donors (Lipinski definition) is 0. The average Bonchev–Trinajstić information content (AvgIpc) is 3.10. The molecule has 0 bridgehead atoms. The first-order valence-corrected chi connectivity index (χ1v) is 10.0. The molecule has 0 aliphatic carbocycles. The Morgan fingerprint density at radius 2 is 1.79 bits per heavy atom. The molecular weight excluding hydrogens is 389 g/mol. The van der Waals surface area contributed by atoms with Crippen LogP contribution in [0, 0.1) is 5.82 Å². The lowest BCUT2D eigenvalue weighted by atomic mass is 10.1. The number of carbonyl (C=O) groups excluding carboxylic acids is 1. The average molecular weight is 407 g/mol. The molecule has 0 unspecified atom stereocenters. The number of benzene rings is 3. The summed E-state index contributed by atoms with van der Waals surface area (Å²) in [6, 6.07) is 19.5. The lowest BCUT2D eigenvalue weighted by Crippen LogP contribution is -2.06. The summed E-state index contributed by atoms with van der Waals surface area (Å²) in [6.07, 6.45) is 0. The van der Waals surface area contributed by atoms with Crippen LogP contribution in [0.1, 0.15) is 16.2 Å². The van der Waals surface area contributed by atoms with Gasteiger partial charge in [0.25, 0.3) is 0 Å². The zero-order valence-electron chi connectivity index (χ0n) is 15.7. The van der Waals surface area contributed by atoms with Crippen LogP contribution >= 0.6 is 11.8 Å². The van der Waals surface area contributed by atoms with Crippen molar-refractivity contribution < 1.29 is 13.9 Å². The first kappa shape index (κ1) is 19.1. The fourth-order valence-electron chi connectivity index (χ4n) is 2.91. The zero-order chi connectivity index (χ0) is 20.2. The Kier molecular flexibility index (Phi) is 5.57. The van der Waals surface area contributed by atoms with Crippen LogP contribution in [0.3, 0.4) is 0 Å². The predicted octanol–water partition coefficient (Wildman–Crippen LogP) is 4.66. The molecule has 4 aromatic rings. The number of aromatic nitrogens is 3. The Morgan fingerprint density at radius 1 is 1.03 bits per heavy atom. The number of ether oxygens (including phenoxy) is 1. The monoisotopic (exact) mass is 407 g/mol. The summed E-state index contributed by atoms with van der Waals surface area (Å²) in [5.41, 5.74) is 0.473. The molecule has 0 N–H and O–H groups in total. The second kappa shape index (κ2) is 8.45. The molecule has 7 heteroatoms. The van der Waals surface area contributed by atoms with Crippen molar-refractivity contribution in [3.63, 3.8) is 0 Å². The van der Waals surface area contributed by atoms with E-state index in [1.165, 1.54) is 36.0 Å². The number of nitrogens with zero attached hydrogens (tertiary/aromatic N) is 3. The minimum Gasteiger partial charge on any atom is -0.485 e. The molecule has 0 aliphatic rings. The van der Waals surface area contributed by atoms with Crippen molar-refractivity contribution in [2.75, 3.05) is 5.75 Å². The summed E-state index contributed by atoms with van der Waals surface area (Å²) < 4.78 is 20.8. The molecule has 0 amide bonds. The Morgan fingerprint density at radius 3 is 2.62 bits per heavy atom. The Balaban J connectivity index is 1.40. The van der Waals surface area contributed by atoms with Crippen molar-refractivity contribution in [2.24, 2.45) is 7.05 Å². The molecule has 3 aromatic carbocycles. The Labute approximate surface area is 171 Å². The molecule has 146 valence electrons. The number of carbonyl (C=O) groups is 1. The zero-order valence-corrected chi connectivity index (χ0v) is 16.5. The maximum absolute atomic E-state index is 13.0. The van der Waals surface area contributed by atoms with Gasteiger partial charge in [-0.25, -0.2) is 4.39 Å². The van der Waals surface area contributed by atoms with Crippen LogP contribution in [-0.2, 0) is 13.7 Å². The van der Waals surface area contributed by atoms with Crippen LogP contribution in [0.2, 0.25) is 0 Å². The molecule has 0 saturated carbocycles. The van der Waals surface area contributed by atoms with Gasteiger partial charge in [0, 0.05) is 18.0 Å². The van der Waals surface area contributed by atoms with E-state index < -0.39 is 0 Å². The van der Waals surface area contributed by atoms with Gasteiger partial charge in [0.1, 0.15) is 18.2 Å². The van der Waals surface area contributed by atoms with E-state index in [2.05, 4.69) is 10.2 Å². The molecule has 29 heavy (non-hydrogen) atoms. The first-order chi connectivity index (χ1) is 14.1. The maximum Gasteiger partial charge on any atom is 0.191 e. The van der Waals surface area contributed by atoms with Crippen molar-refractivity contribution in [3.8, 4) is 5.75 Å². The molecule has 0 spiro atoms. The van der Waals surface area contributed by atoms with Gasteiger partial charge in [-0.05, 0) is 35.7 Å². The molecule has 0 aliphatic heterocycles. The molecule has 0 fully saturated rings. The number of Topliss-reactive ketones (excluding diaryl/α,β-unsaturated/α-hetero) is 1. The van der Waals surface area contributed by atoms with Crippen molar-refractivity contribution in [2.45, 2.75) is 11.8 Å². The fourth-order valence-corrected chi connectivity index (χ4v) is 3.73. The van der Waals surface area contributed by atoms with Crippen LogP contribution in [0.15, 0.2) is 71.9 Å². The van der Waals surface area contributed by atoms with Gasteiger partial charge < -0.3 is 9.30 Å². The Hall–Kier alpha value is -3.19. The largest absolute Gasteiger partial charge is 0.485 e. The van der Waals surface area contributed by atoms with Crippen molar-refractivity contribution >= 4 is 28.3 Å². The van der Waals surface area contributed by atoms with Gasteiger partial charge in [0.2, 0.25) is 0 Å². The summed E-state index contributed by atoms with van der Waals surface area (Å²) in [4.78, 5) is 12.3. The van der Waals surface area contributed by atoms with Crippen LogP contribution in [0.25, 0.3) is 10.8 Å². The van der Waals surface area contributed by atoms with Gasteiger partial charge in [-0.15, -0.1) is 10.2 Å². The molecule has 5 nitrogen and oxygen atoms in total. The second-order valence-corrected chi connectivity index (χ2v) is 7.39. The quantitative estimate of drug-likeness (QED) is 0.329. The number of fused-ring (bicyclic) bond motifs is 1. The molecule has 0 radical (unpaired) electrons. The van der Waals surface area contributed by atoms with Gasteiger partial charge >= 0.3 is 0 Å². The van der Waals surface area contributed by atoms with Crippen LogP contribution in [0.4, 0.5) is 4.39 Å². The summed E-state index contributed by atoms with van der Waals surface area (Å²) in [6.45, 7) is 0.268. The van der Waals surface area contributed by atoms with E-state index in [0.717, 1.165) is 16.5 Å².